The van der Waals surface area contributed by atoms with Gasteiger partial charge in [0.1, 0.15) is 6.61 Å². The summed E-state index contributed by atoms with van der Waals surface area (Å²) in [7, 11) is 1.50. The first-order valence-electron chi connectivity index (χ1n) is 2.63. The van der Waals surface area contributed by atoms with E-state index in [-0.39, 0.29) is 12.5 Å². The molecule has 0 aromatic carbocycles. The minimum absolute atomic E-state index is 0.0212. The van der Waals surface area contributed by atoms with Gasteiger partial charge in [-0.05, 0) is 0 Å². The van der Waals surface area contributed by atoms with Crippen molar-refractivity contribution in [1.29, 1.82) is 0 Å². The molecule has 5 nitrogen and oxygen atoms in total. The van der Waals surface area contributed by atoms with Crippen LogP contribution in [0.3, 0.4) is 0 Å². The largest absolute Gasteiger partial charge is 0.416 e. The van der Waals surface area contributed by atoms with Crippen LogP contribution >= 0.6 is 0 Å². The summed E-state index contributed by atoms with van der Waals surface area (Å²) in [4.78, 5) is 9.99. The Morgan fingerprint density at radius 3 is 3.00 bits per heavy atom. The Bertz CT molecular complexity index is 220. The highest BCUT2D eigenvalue weighted by atomic mass is 16.5. The molecular formula is C5H6N2O3. The Labute approximate surface area is 57.0 Å². The van der Waals surface area contributed by atoms with E-state index in [1.807, 2.05) is 0 Å². The van der Waals surface area contributed by atoms with Gasteiger partial charge in [0.2, 0.25) is 12.2 Å². The van der Waals surface area contributed by atoms with Crippen molar-refractivity contribution in [3.63, 3.8) is 0 Å². The number of methoxy groups -OCH3 is 1. The number of carbonyl (C=O) groups excluding carboxylic acids is 1. The summed E-state index contributed by atoms with van der Waals surface area (Å²) in [6.45, 7) is 0.237. The van der Waals surface area contributed by atoms with E-state index < -0.39 is 0 Å². The smallest absolute Gasteiger partial charge is 0.280 e. The molecule has 0 aliphatic carbocycles. The molecule has 1 aromatic heterocycles. The van der Waals surface area contributed by atoms with Gasteiger partial charge in [-0.1, -0.05) is 0 Å². The molecule has 0 N–H and O–H groups in total. The molecule has 0 unspecified atom stereocenters. The molecule has 5 heteroatoms. The lowest BCUT2D eigenvalue weighted by atomic mass is 10.7. The lowest BCUT2D eigenvalue weighted by Gasteiger charge is -1.86. The zero-order chi connectivity index (χ0) is 7.40. The van der Waals surface area contributed by atoms with Crippen LogP contribution in [0.15, 0.2) is 4.42 Å². The van der Waals surface area contributed by atoms with Gasteiger partial charge >= 0.3 is 0 Å². The second-order valence-electron chi connectivity index (χ2n) is 1.58. The molecule has 1 aromatic rings. The summed E-state index contributed by atoms with van der Waals surface area (Å²) in [5, 5.41) is 6.89. The van der Waals surface area contributed by atoms with Gasteiger partial charge in [-0.2, -0.15) is 0 Å². The molecule has 0 spiro atoms. The van der Waals surface area contributed by atoms with Crippen molar-refractivity contribution in [2.45, 2.75) is 6.61 Å². The third kappa shape index (κ3) is 1.38. The fraction of sp³-hybridized carbons (Fsp3) is 0.400. The van der Waals surface area contributed by atoms with Gasteiger partial charge in [0.05, 0.1) is 0 Å². The normalized spacial score (nSPS) is 9.70. The summed E-state index contributed by atoms with van der Waals surface area (Å²) < 4.78 is 9.43. The van der Waals surface area contributed by atoms with E-state index in [0.29, 0.717) is 12.2 Å². The number of aldehydes is 1. The highest BCUT2D eigenvalue weighted by Crippen LogP contribution is 1.96. The summed E-state index contributed by atoms with van der Waals surface area (Å²) in [6, 6.07) is 0. The molecule has 0 atom stereocenters. The minimum atomic E-state index is -0.0212. The number of ether oxygens (including phenoxy) is 1. The number of hydrogen-bond acceptors (Lipinski definition) is 5. The first-order valence-corrected chi connectivity index (χ1v) is 2.63. The molecule has 10 heavy (non-hydrogen) atoms. The van der Waals surface area contributed by atoms with Gasteiger partial charge in [0, 0.05) is 7.11 Å². The Balaban J connectivity index is 2.68. The number of hydrogen-bond donors (Lipinski definition) is 0. The summed E-state index contributed by atoms with van der Waals surface area (Å²) in [6.07, 6.45) is 0.492. The average Bonchev–Trinajstić information content (AvgIpc) is 2.37. The molecule has 0 aliphatic heterocycles. The van der Waals surface area contributed by atoms with Crippen molar-refractivity contribution in [3.05, 3.63) is 11.8 Å². The first kappa shape index (κ1) is 6.88. The van der Waals surface area contributed by atoms with Crippen LogP contribution in [-0.4, -0.2) is 23.6 Å². The molecule has 0 fully saturated rings. The molecule has 0 amide bonds. The highest BCUT2D eigenvalue weighted by molar-refractivity contribution is 5.66. The third-order valence-electron chi connectivity index (χ3n) is 0.851. The van der Waals surface area contributed by atoms with Crippen LogP contribution in [0, 0.1) is 0 Å². The van der Waals surface area contributed by atoms with E-state index in [2.05, 4.69) is 14.9 Å². The van der Waals surface area contributed by atoms with Crippen LogP contribution in [0.4, 0.5) is 0 Å². The van der Waals surface area contributed by atoms with Gasteiger partial charge in [-0.15, -0.1) is 10.2 Å². The fourth-order valence-electron chi connectivity index (χ4n) is 0.496. The maximum atomic E-state index is 9.99. The molecule has 0 aliphatic rings. The monoisotopic (exact) mass is 142 g/mol. The molecule has 54 valence electrons. The van der Waals surface area contributed by atoms with Gasteiger partial charge in [0.25, 0.3) is 5.89 Å². The average molecular weight is 142 g/mol. The standard InChI is InChI=1S/C5H6N2O3/c1-9-3-5-7-6-4(2-8)10-5/h2H,3H2,1H3. The number of carbonyl (C=O) groups is 1. The minimum Gasteiger partial charge on any atom is -0.416 e. The number of nitrogens with zero attached hydrogens (tertiary/aromatic N) is 2. The van der Waals surface area contributed by atoms with Crippen LogP contribution in [-0.2, 0) is 11.3 Å². The maximum absolute atomic E-state index is 9.99. The molecule has 0 saturated heterocycles. The van der Waals surface area contributed by atoms with Crippen molar-refractivity contribution in [2.75, 3.05) is 7.11 Å². The zero-order valence-electron chi connectivity index (χ0n) is 5.40. The lowest BCUT2D eigenvalue weighted by Crippen LogP contribution is -1.85. The van der Waals surface area contributed by atoms with Crippen molar-refractivity contribution >= 4 is 6.29 Å². The van der Waals surface area contributed by atoms with Crippen LogP contribution in [0.25, 0.3) is 0 Å². The van der Waals surface area contributed by atoms with Gasteiger partial charge in [-0.3, -0.25) is 4.79 Å². The van der Waals surface area contributed by atoms with E-state index in [9.17, 15) is 4.79 Å². The topological polar surface area (TPSA) is 65.2 Å². The van der Waals surface area contributed by atoms with E-state index in [1.54, 1.807) is 0 Å². The SMILES string of the molecule is COCc1nnc(C=O)o1. The second kappa shape index (κ2) is 3.07. The Kier molecular flexibility index (Phi) is 2.11. The van der Waals surface area contributed by atoms with E-state index >= 15 is 0 Å². The highest BCUT2D eigenvalue weighted by Gasteiger charge is 2.01. The number of rotatable bonds is 3. The molecule has 0 radical (unpaired) electrons. The molecule has 1 rings (SSSR count). The van der Waals surface area contributed by atoms with E-state index in [0.717, 1.165) is 0 Å². The summed E-state index contributed by atoms with van der Waals surface area (Å²) in [5.41, 5.74) is 0. The Morgan fingerprint density at radius 1 is 1.70 bits per heavy atom. The van der Waals surface area contributed by atoms with Crippen molar-refractivity contribution < 1.29 is 13.9 Å². The zero-order valence-corrected chi connectivity index (χ0v) is 5.40. The van der Waals surface area contributed by atoms with E-state index in [1.165, 1.54) is 7.11 Å². The van der Waals surface area contributed by atoms with Crippen LogP contribution < -0.4 is 0 Å². The van der Waals surface area contributed by atoms with Crippen LogP contribution in [0.2, 0.25) is 0 Å². The maximum Gasteiger partial charge on any atom is 0.280 e. The molecule has 0 bridgehead atoms. The predicted octanol–water partition coefficient (Wildman–Crippen LogP) is 0.0285. The quantitative estimate of drug-likeness (QED) is 0.557. The molecule has 1 heterocycles. The molecular weight excluding hydrogens is 136 g/mol. The van der Waals surface area contributed by atoms with Gasteiger partial charge < -0.3 is 9.15 Å². The van der Waals surface area contributed by atoms with E-state index in [4.69, 9.17) is 4.42 Å². The summed E-state index contributed by atoms with van der Waals surface area (Å²) in [5.74, 6) is 0.289. The predicted molar refractivity (Wildman–Crippen MR) is 30.4 cm³/mol. The first-order chi connectivity index (χ1) is 4.86. The third-order valence-corrected chi connectivity index (χ3v) is 0.851. The van der Waals surface area contributed by atoms with Crippen molar-refractivity contribution in [1.82, 2.24) is 10.2 Å². The lowest BCUT2D eigenvalue weighted by molar-refractivity contribution is 0.108. The number of aromatic nitrogens is 2. The van der Waals surface area contributed by atoms with Gasteiger partial charge in [-0.25, -0.2) is 0 Å². The van der Waals surface area contributed by atoms with Crippen molar-refractivity contribution in [3.8, 4) is 0 Å². The van der Waals surface area contributed by atoms with Crippen LogP contribution in [0.5, 0.6) is 0 Å². The Morgan fingerprint density at radius 2 is 2.50 bits per heavy atom. The second-order valence-corrected chi connectivity index (χ2v) is 1.58. The van der Waals surface area contributed by atoms with Crippen molar-refractivity contribution in [2.24, 2.45) is 0 Å². The Hall–Kier alpha value is -1.23. The summed E-state index contributed by atoms with van der Waals surface area (Å²) >= 11 is 0. The van der Waals surface area contributed by atoms with Gasteiger partial charge in [0.15, 0.2) is 0 Å². The molecule has 0 saturated carbocycles. The van der Waals surface area contributed by atoms with Crippen LogP contribution in [0.1, 0.15) is 16.6 Å². The fourth-order valence-corrected chi connectivity index (χ4v) is 0.496.